The molecular weight excluding hydrogens is 364 g/mol. The summed E-state index contributed by atoms with van der Waals surface area (Å²) in [6, 6.07) is 15.6. The number of carbonyl (C=O) groups excluding carboxylic acids is 1. The molecule has 1 heterocycles. The van der Waals surface area contributed by atoms with Crippen LogP contribution in [0.2, 0.25) is 0 Å². The molecule has 0 saturated carbocycles. The quantitative estimate of drug-likeness (QED) is 0.388. The van der Waals surface area contributed by atoms with Gasteiger partial charge in [-0.25, -0.2) is 0 Å². The number of hydrogen-bond acceptors (Lipinski definition) is 3. The van der Waals surface area contributed by atoms with E-state index in [4.69, 9.17) is 4.74 Å². The van der Waals surface area contributed by atoms with Crippen molar-refractivity contribution in [1.29, 1.82) is 0 Å². The van der Waals surface area contributed by atoms with Gasteiger partial charge in [0.1, 0.15) is 0 Å². The van der Waals surface area contributed by atoms with Crippen LogP contribution in [-0.2, 0) is 0 Å². The van der Waals surface area contributed by atoms with Crippen LogP contribution in [0.5, 0.6) is 11.5 Å². The van der Waals surface area contributed by atoms with Crippen molar-refractivity contribution in [2.75, 3.05) is 6.61 Å². The van der Waals surface area contributed by atoms with E-state index in [0.29, 0.717) is 17.7 Å². The Bertz CT molecular complexity index is 948. The normalized spacial score (nSPS) is 11.1. The third kappa shape index (κ3) is 4.85. The number of halogens is 2. The van der Waals surface area contributed by atoms with E-state index >= 15 is 0 Å². The van der Waals surface area contributed by atoms with E-state index in [1.807, 2.05) is 41.2 Å². The molecule has 0 saturated heterocycles. The fourth-order valence-corrected chi connectivity index (χ4v) is 2.66. The van der Waals surface area contributed by atoms with Gasteiger partial charge in [-0.1, -0.05) is 12.1 Å². The van der Waals surface area contributed by atoms with Crippen molar-refractivity contribution in [2.45, 2.75) is 13.5 Å². The second kappa shape index (κ2) is 8.99. The van der Waals surface area contributed by atoms with Gasteiger partial charge in [0.25, 0.3) is 0 Å². The van der Waals surface area contributed by atoms with Crippen molar-refractivity contribution in [3.63, 3.8) is 0 Å². The molecule has 0 unspecified atom stereocenters. The molecule has 0 aliphatic carbocycles. The largest absolute Gasteiger partial charge is 0.490 e. The molecule has 0 spiro atoms. The summed E-state index contributed by atoms with van der Waals surface area (Å²) in [7, 11) is 0. The first-order valence-electron chi connectivity index (χ1n) is 8.74. The fraction of sp³-hybridized carbons (Fsp3) is 0.136. The number of alkyl halides is 2. The van der Waals surface area contributed by atoms with Crippen molar-refractivity contribution in [3.05, 3.63) is 84.2 Å². The minimum atomic E-state index is -2.93. The summed E-state index contributed by atoms with van der Waals surface area (Å²) in [4.78, 5) is 12.4. The molecule has 0 fully saturated rings. The van der Waals surface area contributed by atoms with Crippen molar-refractivity contribution in [1.82, 2.24) is 4.57 Å². The maximum absolute atomic E-state index is 12.5. The first-order chi connectivity index (χ1) is 13.6. The number of nitrogens with zero attached hydrogens (tertiary/aromatic N) is 1. The lowest BCUT2D eigenvalue weighted by atomic mass is 10.1. The topological polar surface area (TPSA) is 40.5 Å². The Morgan fingerprint density at radius 3 is 2.43 bits per heavy atom. The lowest BCUT2D eigenvalue weighted by molar-refractivity contribution is -0.0514. The summed E-state index contributed by atoms with van der Waals surface area (Å²) >= 11 is 0. The molecule has 3 aromatic rings. The highest BCUT2D eigenvalue weighted by Gasteiger charge is 2.11. The van der Waals surface area contributed by atoms with E-state index in [0.717, 1.165) is 5.69 Å². The first kappa shape index (κ1) is 19.4. The smallest absolute Gasteiger partial charge is 0.387 e. The number of benzene rings is 2. The Kier molecular flexibility index (Phi) is 6.22. The number of aromatic nitrogens is 1. The molecule has 6 heteroatoms. The molecular formula is C22H19F2NO3. The van der Waals surface area contributed by atoms with Gasteiger partial charge in [0.05, 0.1) is 6.61 Å². The molecule has 2 aromatic carbocycles. The van der Waals surface area contributed by atoms with Gasteiger partial charge in [-0.2, -0.15) is 8.78 Å². The van der Waals surface area contributed by atoms with Gasteiger partial charge in [-0.3, -0.25) is 4.79 Å². The highest BCUT2D eigenvalue weighted by molar-refractivity contribution is 6.06. The lowest BCUT2D eigenvalue weighted by Gasteiger charge is -2.11. The number of allylic oxidation sites excluding steroid dienone is 1. The van der Waals surface area contributed by atoms with Gasteiger partial charge < -0.3 is 14.0 Å². The zero-order valence-electron chi connectivity index (χ0n) is 15.2. The highest BCUT2D eigenvalue weighted by atomic mass is 19.3. The number of hydrogen-bond donors (Lipinski definition) is 0. The van der Waals surface area contributed by atoms with Crippen LogP contribution in [0.3, 0.4) is 0 Å². The Morgan fingerprint density at radius 1 is 1.07 bits per heavy atom. The third-order valence-corrected chi connectivity index (χ3v) is 3.97. The van der Waals surface area contributed by atoms with Crippen LogP contribution in [0.15, 0.2) is 73.1 Å². The highest BCUT2D eigenvalue weighted by Crippen LogP contribution is 2.30. The second-order valence-electron chi connectivity index (χ2n) is 5.85. The molecule has 144 valence electrons. The molecule has 0 N–H and O–H groups in total. The van der Waals surface area contributed by atoms with Crippen LogP contribution < -0.4 is 9.47 Å². The van der Waals surface area contributed by atoms with Crippen molar-refractivity contribution in [2.24, 2.45) is 0 Å². The van der Waals surface area contributed by atoms with Gasteiger partial charge in [-0.05, 0) is 67.1 Å². The maximum atomic E-state index is 12.5. The molecule has 3 rings (SSSR count). The first-order valence-corrected chi connectivity index (χ1v) is 8.74. The summed E-state index contributed by atoms with van der Waals surface area (Å²) < 4.78 is 36.7. The van der Waals surface area contributed by atoms with Crippen molar-refractivity contribution >= 4 is 11.9 Å². The minimum absolute atomic E-state index is 0.0408. The van der Waals surface area contributed by atoms with Crippen LogP contribution >= 0.6 is 0 Å². The van der Waals surface area contributed by atoms with Gasteiger partial charge in [0.2, 0.25) is 0 Å². The molecule has 1 aromatic heterocycles. The Balaban J connectivity index is 1.73. The van der Waals surface area contributed by atoms with Crippen molar-refractivity contribution < 1.29 is 23.0 Å². The standard InChI is InChI=1S/C22H19F2NO3/c1-2-27-21-15-16(6-12-20(21)28-22(23)24)5-11-19(26)17-7-9-18(10-8-17)25-13-3-4-14-25/h3-15,22H,2H2,1H3/b11-5+. The van der Waals surface area contributed by atoms with E-state index in [2.05, 4.69) is 4.74 Å². The van der Waals surface area contributed by atoms with E-state index < -0.39 is 6.61 Å². The van der Waals surface area contributed by atoms with Gasteiger partial charge >= 0.3 is 6.61 Å². The maximum Gasteiger partial charge on any atom is 0.387 e. The van der Waals surface area contributed by atoms with Gasteiger partial charge in [0, 0.05) is 23.6 Å². The SMILES string of the molecule is CCOc1cc(/C=C/C(=O)c2ccc(-n3cccc3)cc2)ccc1OC(F)F. The number of ketones is 1. The molecule has 28 heavy (non-hydrogen) atoms. The summed E-state index contributed by atoms with van der Waals surface area (Å²) in [6.45, 7) is -0.883. The molecule has 0 aliphatic rings. The van der Waals surface area contributed by atoms with Gasteiger partial charge in [0.15, 0.2) is 17.3 Å². The van der Waals surface area contributed by atoms with Crippen molar-refractivity contribution in [3.8, 4) is 17.2 Å². The molecule has 0 radical (unpaired) electrons. The molecule has 4 nitrogen and oxygen atoms in total. The van der Waals surface area contributed by atoms with E-state index in [9.17, 15) is 13.6 Å². The second-order valence-corrected chi connectivity index (χ2v) is 5.85. The molecule has 0 amide bonds. The Hall–Kier alpha value is -3.41. The average molecular weight is 383 g/mol. The van der Waals surface area contributed by atoms with Crippen LogP contribution in [-0.4, -0.2) is 23.6 Å². The number of rotatable bonds is 8. The number of ether oxygens (including phenoxy) is 2. The molecule has 0 atom stereocenters. The summed E-state index contributed by atoms with van der Waals surface area (Å²) in [5.74, 6) is -0.000625. The van der Waals surface area contributed by atoms with E-state index in [1.54, 1.807) is 37.3 Å². The minimum Gasteiger partial charge on any atom is -0.490 e. The zero-order valence-corrected chi connectivity index (χ0v) is 15.2. The zero-order chi connectivity index (χ0) is 19.9. The molecule has 0 bridgehead atoms. The van der Waals surface area contributed by atoms with E-state index in [1.165, 1.54) is 12.1 Å². The number of carbonyl (C=O) groups is 1. The Morgan fingerprint density at radius 2 is 1.79 bits per heavy atom. The van der Waals surface area contributed by atoms with Crippen LogP contribution in [0.25, 0.3) is 11.8 Å². The van der Waals surface area contributed by atoms with Gasteiger partial charge in [-0.15, -0.1) is 0 Å². The fourth-order valence-electron chi connectivity index (χ4n) is 2.66. The lowest BCUT2D eigenvalue weighted by Crippen LogP contribution is -2.04. The third-order valence-electron chi connectivity index (χ3n) is 3.97. The predicted octanol–water partition coefficient (Wildman–Crippen LogP) is 5.37. The van der Waals surface area contributed by atoms with Crippen LogP contribution in [0.4, 0.5) is 8.78 Å². The van der Waals surface area contributed by atoms with Crippen LogP contribution in [0, 0.1) is 0 Å². The molecule has 0 aliphatic heterocycles. The van der Waals surface area contributed by atoms with E-state index in [-0.39, 0.29) is 17.3 Å². The summed E-state index contributed by atoms with van der Waals surface area (Å²) in [5.41, 5.74) is 2.15. The summed E-state index contributed by atoms with van der Waals surface area (Å²) in [5, 5.41) is 0. The summed E-state index contributed by atoms with van der Waals surface area (Å²) in [6.07, 6.45) is 6.89. The van der Waals surface area contributed by atoms with Crippen LogP contribution in [0.1, 0.15) is 22.8 Å². The Labute approximate surface area is 161 Å². The monoisotopic (exact) mass is 383 g/mol. The predicted molar refractivity (Wildman–Crippen MR) is 103 cm³/mol. The average Bonchev–Trinajstić information content (AvgIpc) is 3.22.